The number of rotatable bonds is 7. The van der Waals surface area contributed by atoms with Crippen molar-refractivity contribution in [1.29, 1.82) is 0 Å². The van der Waals surface area contributed by atoms with Crippen LogP contribution < -0.4 is 9.62 Å². The summed E-state index contributed by atoms with van der Waals surface area (Å²) in [7, 11) is -4.19. The van der Waals surface area contributed by atoms with Gasteiger partial charge in [-0.1, -0.05) is 6.07 Å². The van der Waals surface area contributed by atoms with Gasteiger partial charge in [0.25, 0.3) is 10.0 Å². The quantitative estimate of drug-likeness (QED) is 0.325. The van der Waals surface area contributed by atoms with Gasteiger partial charge in [0.05, 0.1) is 21.0 Å². The summed E-state index contributed by atoms with van der Waals surface area (Å²) in [5.74, 6) is -0.222. The zero-order valence-electron chi connectivity index (χ0n) is 20.9. The number of ketones is 1. The minimum Gasteiger partial charge on any atom is -0.371 e. The van der Waals surface area contributed by atoms with Crippen molar-refractivity contribution in [3.05, 3.63) is 74.5 Å². The van der Waals surface area contributed by atoms with Gasteiger partial charge in [0, 0.05) is 25.2 Å². The first kappa shape index (κ1) is 27.2. The summed E-state index contributed by atoms with van der Waals surface area (Å²) in [6.45, 7) is 8.07. The Morgan fingerprint density at radius 3 is 2.27 bits per heavy atom. The van der Waals surface area contributed by atoms with Gasteiger partial charge in [0.1, 0.15) is 0 Å². The van der Waals surface area contributed by atoms with Gasteiger partial charge in [-0.15, -0.1) is 11.3 Å². The van der Waals surface area contributed by atoms with Crippen molar-refractivity contribution >= 4 is 38.5 Å². The normalized spacial score (nSPS) is 14.6. The zero-order valence-corrected chi connectivity index (χ0v) is 22.5. The van der Waals surface area contributed by atoms with E-state index in [1.54, 1.807) is 5.38 Å². The van der Waals surface area contributed by atoms with Crippen LogP contribution >= 0.6 is 11.3 Å². The van der Waals surface area contributed by atoms with Gasteiger partial charge in [0.2, 0.25) is 0 Å². The maximum absolute atomic E-state index is 13.4. The molecule has 2 heterocycles. The van der Waals surface area contributed by atoms with Crippen molar-refractivity contribution in [3.8, 4) is 0 Å². The Morgan fingerprint density at radius 1 is 1.00 bits per heavy atom. The van der Waals surface area contributed by atoms with Crippen LogP contribution in [0.2, 0.25) is 0 Å². The van der Waals surface area contributed by atoms with Crippen LogP contribution in [0.25, 0.3) is 0 Å². The summed E-state index contributed by atoms with van der Waals surface area (Å²) in [6, 6.07) is 6.84. The molecule has 0 unspecified atom stereocenters. The fourth-order valence-corrected chi connectivity index (χ4v) is 6.89. The molecule has 0 radical (unpaired) electrons. The van der Waals surface area contributed by atoms with Crippen molar-refractivity contribution in [1.82, 2.24) is 0 Å². The SMILES string of the molecule is Cc1cc(C)c(N2CCCCC2)c(C)c1CC(=O)c1sccc1NS(=O)(=O)c1ccc(C(F)(F)F)cc1. The fraction of sp³-hybridized carbons (Fsp3) is 0.370. The molecule has 1 aliphatic heterocycles. The smallest absolute Gasteiger partial charge is 0.371 e. The van der Waals surface area contributed by atoms with Crippen LogP contribution in [0.3, 0.4) is 0 Å². The highest BCUT2D eigenvalue weighted by atomic mass is 32.2. The van der Waals surface area contributed by atoms with E-state index in [0.717, 1.165) is 78.2 Å². The lowest BCUT2D eigenvalue weighted by Crippen LogP contribution is -2.31. The van der Waals surface area contributed by atoms with Gasteiger partial charge < -0.3 is 4.90 Å². The second kappa shape index (κ2) is 10.5. The Labute approximate surface area is 219 Å². The van der Waals surface area contributed by atoms with E-state index < -0.39 is 21.8 Å². The summed E-state index contributed by atoms with van der Waals surface area (Å²) in [6.07, 6.45) is -0.955. The number of anilines is 2. The zero-order chi connectivity index (χ0) is 27.0. The summed E-state index contributed by atoms with van der Waals surface area (Å²) in [5, 5.41) is 1.62. The van der Waals surface area contributed by atoms with Gasteiger partial charge in [-0.2, -0.15) is 13.2 Å². The average molecular weight is 551 g/mol. The molecule has 37 heavy (non-hydrogen) atoms. The Morgan fingerprint density at radius 2 is 1.65 bits per heavy atom. The molecule has 1 fully saturated rings. The number of carbonyl (C=O) groups is 1. The molecule has 10 heteroatoms. The molecule has 1 N–H and O–H groups in total. The second-order valence-corrected chi connectivity index (χ2v) is 12.0. The van der Waals surface area contributed by atoms with Crippen LogP contribution in [0.1, 0.15) is 56.8 Å². The fourth-order valence-electron chi connectivity index (χ4n) is 4.96. The Hall–Kier alpha value is -2.85. The largest absolute Gasteiger partial charge is 0.416 e. The van der Waals surface area contributed by atoms with Crippen LogP contribution in [0.4, 0.5) is 24.5 Å². The molecule has 0 aliphatic carbocycles. The molecular formula is C27H29F3N2O3S2. The summed E-state index contributed by atoms with van der Waals surface area (Å²) in [4.78, 5) is 15.7. The first-order valence-corrected chi connectivity index (χ1v) is 14.4. The van der Waals surface area contributed by atoms with Gasteiger partial charge in [-0.05, 0) is 98.0 Å². The van der Waals surface area contributed by atoms with Crippen molar-refractivity contribution < 1.29 is 26.4 Å². The average Bonchev–Trinajstić information content (AvgIpc) is 3.29. The summed E-state index contributed by atoms with van der Waals surface area (Å²) in [5.41, 5.74) is 4.53. The van der Waals surface area contributed by atoms with Crippen molar-refractivity contribution in [3.63, 3.8) is 0 Å². The van der Waals surface area contributed by atoms with E-state index in [4.69, 9.17) is 0 Å². The Bertz CT molecular complexity index is 1410. The van der Waals surface area contributed by atoms with E-state index in [2.05, 4.69) is 22.6 Å². The highest BCUT2D eigenvalue weighted by Gasteiger charge is 2.31. The highest BCUT2D eigenvalue weighted by Crippen LogP contribution is 2.35. The van der Waals surface area contributed by atoms with E-state index >= 15 is 0 Å². The van der Waals surface area contributed by atoms with E-state index in [1.165, 1.54) is 23.7 Å². The van der Waals surface area contributed by atoms with Gasteiger partial charge >= 0.3 is 6.18 Å². The topological polar surface area (TPSA) is 66.5 Å². The minimum absolute atomic E-state index is 0.119. The number of halogens is 3. The number of nitrogens with one attached hydrogen (secondary N) is 1. The number of benzene rings is 2. The third-order valence-corrected chi connectivity index (χ3v) is 9.09. The van der Waals surface area contributed by atoms with Crippen molar-refractivity contribution in [2.75, 3.05) is 22.7 Å². The molecule has 1 aliphatic rings. The molecule has 4 rings (SSSR count). The number of piperidine rings is 1. The summed E-state index contributed by atoms with van der Waals surface area (Å²) >= 11 is 1.13. The Balaban J connectivity index is 1.58. The number of thiophene rings is 1. The molecule has 0 bridgehead atoms. The predicted octanol–water partition coefficient (Wildman–Crippen LogP) is 6.91. The molecule has 0 spiro atoms. The van der Waals surface area contributed by atoms with Gasteiger partial charge in [0.15, 0.2) is 5.78 Å². The number of nitrogens with zero attached hydrogens (tertiary/aromatic N) is 1. The molecule has 3 aromatic rings. The molecule has 198 valence electrons. The molecule has 0 saturated carbocycles. The number of carbonyl (C=O) groups excluding carboxylic acids is 1. The number of Topliss-reactive ketones (excluding diaryl/α,β-unsaturated/α-hetero) is 1. The second-order valence-electron chi connectivity index (χ2n) is 9.40. The van der Waals surface area contributed by atoms with Crippen LogP contribution in [0, 0.1) is 20.8 Å². The summed E-state index contributed by atoms with van der Waals surface area (Å²) < 4.78 is 66.6. The van der Waals surface area contributed by atoms with E-state index in [0.29, 0.717) is 0 Å². The molecule has 5 nitrogen and oxygen atoms in total. The highest BCUT2D eigenvalue weighted by molar-refractivity contribution is 7.92. The van der Waals surface area contributed by atoms with Crippen LogP contribution in [-0.2, 0) is 22.6 Å². The number of sulfonamides is 1. The van der Waals surface area contributed by atoms with E-state index in [1.807, 2.05) is 13.8 Å². The van der Waals surface area contributed by atoms with Crippen molar-refractivity contribution in [2.24, 2.45) is 0 Å². The minimum atomic E-state index is -4.57. The predicted molar refractivity (Wildman–Crippen MR) is 141 cm³/mol. The molecular weight excluding hydrogens is 521 g/mol. The van der Waals surface area contributed by atoms with Crippen LogP contribution in [0.15, 0.2) is 46.7 Å². The van der Waals surface area contributed by atoms with Crippen molar-refractivity contribution in [2.45, 2.75) is 57.5 Å². The molecule has 2 aromatic carbocycles. The third-order valence-electron chi connectivity index (χ3n) is 6.75. The third kappa shape index (κ3) is 5.85. The number of aryl methyl sites for hydroxylation is 2. The molecule has 1 aromatic heterocycles. The lowest BCUT2D eigenvalue weighted by molar-refractivity contribution is -0.137. The monoisotopic (exact) mass is 550 g/mol. The number of hydrogen-bond donors (Lipinski definition) is 1. The first-order chi connectivity index (χ1) is 17.4. The maximum Gasteiger partial charge on any atom is 0.416 e. The standard InChI is InChI=1S/C27H29F3N2O3S2/c1-17-15-18(2)25(32-12-5-4-6-13-32)19(3)22(17)16-24(33)26-23(11-14-36-26)31-37(34,35)21-9-7-20(8-10-21)27(28,29)30/h7-11,14-15,31H,4-6,12-13,16H2,1-3H3. The maximum atomic E-state index is 13.4. The first-order valence-electron chi connectivity index (χ1n) is 12.0. The van der Waals surface area contributed by atoms with Crippen LogP contribution in [-0.4, -0.2) is 27.3 Å². The van der Waals surface area contributed by atoms with Gasteiger partial charge in [-0.3, -0.25) is 9.52 Å². The molecule has 0 atom stereocenters. The van der Waals surface area contributed by atoms with E-state index in [9.17, 15) is 26.4 Å². The molecule has 1 saturated heterocycles. The number of hydrogen-bond acceptors (Lipinski definition) is 5. The Kier molecular flexibility index (Phi) is 7.71. The number of alkyl halides is 3. The lowest BCUT2D eigenvalue weighted by Gasteiger charge is -2.33. The molecule has 0 amide bonds. The van der Waals surface area contributed by atoms with Gasteiger partial charge in [-0.25, -0.2) is 8.42 Å². The van der Waals surface area contributed by atoms with E-state index in [-0.39, 0.29) is 27.7 Å². The van der Waals surface area contributed by atoms with Crippen LogP contribution in [0.5, 0.6) is 0 Å². The lowest BCUT2D eigenvalue weighted by atomic mass is 9.92.